The minimum Gasteiger partial charge on any atom is -0.370 e. The Kier molecular flexibility index (Phi) is 10.4. The number of carbonyl (C=O) groups excluding carboxylic acids is 1. The molecule has 2 aromatic rings. The molecule has 1 aromatic carbocycles. The molecule has 1 aromatic heterocycles. The molecule has 32 heavy (non-hydrogen) atoms. The summed E-state index contributed by atoms with van der Waals surface area (Å²) in [6.45, 7) is 11.0. The predicted octanol–water partition coefficient (Wildman–Crippen LogP) is 3.06. The van der Waals surface area contributed by atoms with E-state index in [1.807, 2.05) is 62.5 Å². The number of guanidine groups is 1. The van der Waals surface area contributed by atoms with Gasteiger partial charge in [-0.1, -0.05) is 12.1 Å². The van der Waals surface area contributed by atoms with Crippen molar-refractivity contribution < 1.29 is 9.53 Å². The van der Waals surface area contributed by atoms with Crippen LogP contribution in [0.2, 0.25) is 0 Å². The summed E-state index contributed by atoms with van der Waals surface area (Å²) in [7, 11) is 1.91. The largest absolute Gasteiger partial charge is 0.370 e. The van der Waals surface area contributed by atoms with Crippen LogP contribution >= 0.6 is 24.0 Å². The summed E-state index contributed by atoms with van der Waals surface area (Å²) in [4.78, 5) is 21.4. The molecule has 8 nitrogen and oxygen atoms in total. The zero-order valence-corrected chi connectivity index (χ0v) is 21.8. The highest BCUT2D eigenvalue weighted by Crippen LogP contribution is 2.21. The van der Waals surface area contributed by atoms with E-state index >= 15 is 0 Å². The molecule has 3 rings (SSSR count). The number of rotatable bonds is 7. The molecule has 2 heterocycles. The van der Waals surface area contributed by atoms with Gasteiger partial charge < -0.3 is 19.9 Å². The quantitative estimate of drug-likeness (QED) is 0.324. The number of ether oxygens (including phenoxy) is 1. The van der Waals surface area contributed by atoms with Crippen molar-refractivity contribution in [3.05, 3.63) is 53.3 Å². The molecule has 1 atom stereocenters. The Bertz CT molecular complexity index is 879. The lowest BCUT2D eigenvalue weighted by molar-refractivity contribution is -0.00805. The molecule has 1 fully saturated rings. The maximum atomic E-state index is 12.5. The fourth-order valence-electron chi connectivity index (χ4n) is 3.69. The molecular formula is C23H35IN6O2. The second-order valence-corrected chi connectivity index (χ2v) is 7.60. The fourth-order valence-corrected chi connectivity index (χ4v) is 3.69. The number of hydrogen-bond acceptors (Lipinski definition) is 4. The number of aromatic nitrogens is 2. The third-order valence-corrected chi connectivity index (χ3v) is 5.46. The molecule has 1 unspecified atom stereocenters. The Hall–Kier alpha value is -2.14. The summed E-state index contributed by atoms with van der Waals surface area (Å²) >= 11 is 0. The first-order valence-corrected chi connectivity index (χ1v) is 11.1. The van der Waals surface area contributed by atoms with E-state index in [0.29, 0.717) is 26.2 Å². The van der Waals surface area contributed by atoms with E-state index in [1.54, 1.807) is 4.68 Å². The van der Waals surface area contributed by atoms with Gasteiger partial charge in [-0.15, -0.1) is 24.0 Å². The van der Waals surface area contributed by atoms with Crippen LogP contribution in [0.3, 0.4) is 0 Å². The normalized spacial score (nSPS) is 16.4. The zero-order chi connectivity index (χ0) is 22.2. The lowest BCUT2D eigenvalue weighted by Gasteiger charge is -2.34. The smallest absolute Gasteiger partial charge is 0.253 e. The van der Waals surface area contributed by atoms with Crippen molar-refractivity contribution in [3.8, 4) is 0 Å². The molecule has 0 aliphatic carbocycles. The van der Waals surface area contributed by atoms with E-state index in [9.17, 15) is 4.79 Å². The number of carbonyl (C=O) groups is 1. The number of hydrogen-bond donors (Lipinski definition) is 1. The second kappa shape index (κ2) is 12.8. The molecule has 1 amide bonds. The van der Waals surface area contributed by atoms with Gasteiger partial charge in [0.15, 0.2) is 5.96 Å². The van der Waals surface area contributed by atoms with Gasteiger partial charge in [-0.3, -0.25) is 9.48 Å². The van der Waals surface area contributed by atoms with Gasteiger partial charge in [-0.25, -0.2) is 4.99 Å². The number of aryl methyl sites for hydroxylation is 1. The van der Waals surface area contributed by atoms with Gasteiger partial charge >= 0.3 is 0 Å². The minimum absolute atomic E-state index is 0. The Morgan fingerprint density at radius 1 is 1.25 bits per heavy atom. The Balaban J connectivity index is 0.00000363. The van der Waals surface area contributed by atoms with Crippen LogP contribution in [-0.4, -0.2) is 70.8 Å². The summed E-state index contributed by atoms with van der Waals surface area (Å²) in [5.41, 5.74) is 2.87. The van der Waals surface area contributed by atoms with Crippen molar-refractivity contribution in [1.82, 2.24) is 24.9 Å². The molecule has 0 bridgehead atoms. The van der Waals surface area contributed by atoms with Gasteiger partial charge in [-0.2, -0.15) is 5.10 Å². The van der Waals surface area contributed by atoms with E-state index in [0.717, 1.165) is 42.3 Å². The van der Waals surface area contributed by atoms with E-state index in [4.69, 9.17) is 9.73 Å². The van der Waals surface area contributed by atoms with Crippen LogP contribution in [0, 0.1) is 0 Å². The molecule has 1 N–H and O–H groups in total. The zero-order valence-electron chi connectivity index (χ0n) is 19.5. The van der Waals surface area contributed by atoms with Crippen LogP contribution in [0.1, 0.15) is 48.4 Å². The van der Waals surface area contributed by atoms with Crippen LogP contribution in [0.15, 0.2) is 41.7 Å². The van der Waals surface area contributed by atoms with Crippen LogP contribution in [0.4, 0.5) is 0 Å². The van der Waals surface area contributed by atoms with Gasteiger partial charge in [-0.05, 0) is 38.5 Å². The molecule has 1 aliphatic heterocycles. The summed E-state index contributed by atoms with van der Waals surface area (Å²) in [5, 5.41) is 7.66. The minimum atomic E-state index is -0.0170. The molecule has 1 saturated heterocycles. The lowest BCUT2D eigenvalue weighted by atomic mass is 10.1. The first-order valence-electron chi connectivity index (χ1n) is 11.1. The average molecular weight is 554 g/mol. The van der Waals surface area contributed by atoms with Gasteiger partial charge in [0.2, 0.25) is 0 Å². The number of benzene rings is 1. The highest BCUT2D eigenvalue weighted by Gasteiger charge is 2.25. The van der Waals surface area contributed by atoms with Crippen molar-refractivity contribution in [2.45, 2.75) is 33.4 Å². The van der Waals surface area contributed by atoms with Crippen molar-refractivity contribution in [3.63, 3.8) is 0 Å². The van der Waals surface area contributed by atoms with Gasteiger partial charge in [0.05, 0.1) is 25.9 Å². The van der Waals surface area contributed by atoms with Crippen molar-refractivity contribution in [1.29, 1.82) is 0 Å². The van der Waals surface area contributed by atoms with E-state index in [2.05, 4.69) is 22.2 Å². The summed E-state index contributed by atoms with van der Waals surface area (Å²) in [5.74, 6) is 0.950. The first kappa shape index (κ1) is 26.1. The number of aliphatic imine (C=N–C) groups is 1. The monoisotopic (exact) mass is 554 g/mol. The Morgan fingerprint density at radius 2 is 1.97 bits per heavy atom. The van der Waals surface area contributed by atoms with Crippen LogP contribution in [0.5, 0.6) is 0 Å². The maximum Gasteiger partial charge on any atom is 0.253 e. The third-order valence-electron chi connectivity index (χ3n) is 5.46. The van der Waals surface area contributed by atoms with Crippen molar-refractivity contribution in [2.24, 2.45) is 12.0 Å². The number of morpholine rings is 1. The van der Waals surface area contributed by atoms with Crippen LogP contribution in [0.25, 0.3) is 0 Å². The summed E-state index contributed by atoms with van der Waals surface area (Å²) in [6.07, 6.45) is 3.84. The van der Waals surface area contributed by atoms with Gasteiger partial charge in [0.1, 0.15) is 6.10 Å². The third kappa shape index (κ3) is 6.68. The highest BCUT2D eigenvalue weighted by atomic mass is 127. The standard InChI is InChI=1S/C23H34N6O2.HI/c1-5-24-23(29-12-13-31-21(17-29)20-15-26-27(4)16-20)25-14-18-8-10-19(11-9-18)22(30)28(6-2)7-3;/h8-11,15-16,21H,5-7,12-14,17H2,1-4H3,(H,24,25);1H. The Labute approximate surface area is 208 Å². The number of amides is 1. The molecule has 9 heteroatoms. The summed E-state index contributed by atoms with van der Waals surface area (Å²) in [6, 6.07) is 7.76. The van der Waals surface area contributed by atoms with E-state index in [-0.39, 0.29) is 36.0 Å². The highest BCUT2D eigenvalue weighted by molar-refractivity contribution is 14.0. The van der Waals surface area contributed by atoms with Gasteiger partial charge in [0.25, 0.3) is 5.91 Å². The molecule has 0 radical (unpaired) electrons. The van der Waals surface area contributed by atoms with Crippen molar-refractivity contribution >= 4 is 35.8 Å². The molecule has 0 saturated carbocycles. The Morgan fingerprint density at radius 3 is 2.56 bits per heavy atom. The van der Waals surface area contributed by atoms with E-state index < -0.39 is 0 Å². The lowest BCUT2D eigenvalue weighted by Crippen LogP contribution is -2.48. The fraction of sp³-hybridized carbons (Fsp3) is 0.522. The molecule has 176 valence electrons. The average Bonchev–Trinajstić information content (AvgIpc) is 3.24. The number of nitrogens with zero attached hydrogens (tertiary/aromatic N) is 5. The predicted molar refractivity (Wildman–Crippen MR) is 137 cm³/mol. The van der Waals surface area contributed by atoms with E-state index in [1.165, 1.54) is 0 Å². The number of halogens is 1. The summed E-state index contributed by atoms with van der Waals surface area (Å²) < 4.78 is 7.76. The molecular weight excluding hydrogens is 519 g/mol. The number of nitrogens with one attached hydrogen (secondary N) is 1. The topological polar surface area (TPSA) is 75.0 Å². The molecule has 1 aliphatic rings. The second-order valence-electron chi connectivity index (χ2n) is 7.60. The van der Waals surface area contributed by atoms with Gasteiger partial charge in [0, 0.05) is 50.6 Å². The molecule has 0 spiro atoms. The van der Waals surface area contributed by atoms with Crippen LogP contribution < -0.4 is 5.32 Å². The maximum absolute atomic E-state index is 12.5. The first-order chi connectivity index (χ1) is 15.0. The van der Waals surface area contributed by atoms with Crippen LogP contribution in [-0.2, 0) is 18.3 Å². The van der Waals surface area contributed by atoms with Crippen molar-refractivity contribution in [2.75, 3.05) is 39.3 Å². The SMILES string of the molecule is CCNC(=NCc1ccc(C(=O)N(CC)CC)cc1)N1CCOC(c2cnn(C)c2)C1.I.